The molecule has 0 aromatic heterocycles. The number of likely N-dealkylation sites (N-methyl/N-ethyl adjacent to an activating group) is 1. The monoisotopic (exact) mass is 284 g/mol. The van der Waals surface area contributed by atoms with Crippen LogP contribution in [0.2, 0.25) is 0 Å². The highest BCUT2D eigenvalue weighted by atomic mass is 35.5. The van der Waals surface area contributed by atoms with Crippen LogP contribution in [0.15, 0.2) is 18.2 Å². The highest BCUT2D eigenvalue weighted by Crippen LogP contribution is 2.19. The number of nitrogens with one attached hydrogen (secondary N) is 1. The molecular formula is C15H25ClN2O. The molecule has 0 spiro atoms. The van der Waals surface area contributed by atoms with Gasteiger partial charge in [-0.15, -0.1) is 0 Å². The van der Waals surface area contributed by atoms with Crippen molar-refractivity contribution in [3.63, 3.8) is 0 Å². The van der Waals surface area contributed by atoms with Crippen molar-refractivity contribution in [1.82, 2.24) is 0 Å². The van der Waals surface area contributed by atoms with Crippen molar-refractivity contribution in [3.8, 4) is 0 Å². The van der Waals surface area contributed by atoms with Gasteiger partial charge < -0.3 is 22.2 Å². The van der Waals surface area contributed by atoms with Crippen LogP contribution in [-0.2, 0) is 4.79 Å². The number of carbonyl (C=O) groups is 1. The Bertz CT molecular complexity index is 408. The van der Waals surface area contributed by atoms with Crippen molar-refractivity contribution in [2.45, 2.75) is 27.7 Å². The van der Waals surface area contributed by atoms with Gasteiger partial charge in [0.15, 0.2) is 6.54 Å². The van der Waals surface area contributed by atoms with Crippen LogP contribution >= 0.6 is 0 Å². The van der Waals surface area contributed by atoms with Crippen LogP contribution in [0.3, 0.4) is 0 Å². The fraction of sp³-hybridized carbons (Fsp3) is 0.533. The lowest BCUT2D eigenvalue weighted by atomic mass is 10.1. The van der Waals surface area contributed by atoms with E-state index in [2.05, 4.69) is 26.2 Å². The van der Waals surface area contributed by atoms with E-state index in [1.54, 1.807) is 0 Å². The Labute approximate surface area is 123 Å². The van der Waals surface area contributed by atoms with E-state index in [9.17, 15) is 4.79 Å². The molecule has 0 fully saturated rings. The average Bonchev–Trinajstić information content (AvgIpc) is 2.34. The molecule has 1 N–H and O–H groups in total. The average molecular weight is 285 g/mol. The van der Waals surface area contributed by atoms with Gasteiger partial charge in [-0.2, -0.15) is 0 Å². The Morgan fingerprint density at radius 2 is 1.63 bits per heavy atom. The quantitative estimate of drug-likeness (QED) is 0.742. The fourth-order valence-corrected chi connectivity index (χ4v) is 1.98. The molecule has 0 bridgehead atoms. The topological polar surface area (TPSA) is 29.1 Å². The molecule has 0 saturated carbocycles. The first-order valence-electron chi connectivity index (χ1n) is 6.61. The molecule has 3 nitrogen and oxygen atoms in total. The summed E-state index contributed by atoms with van der Waals surface area (Å²) in [5, 5.41) is 3.05. The lowest BCUT2D eigenvalue weighted by Gasteiger charge is -2.31. The number of halogens is 1. The highest BCUT2D eigenvalue weighted by Gasteiger charge is 2.21. The second-order valence-corrected chi connectivity index (χ2v) is 5.23. The maximum absolute atomic E-state index is 12.1. The molecule has 19 heavy (non-hydrogen) atoms. The van der Waals surface area contributed by atoms with Gasteiger partial charge in [0.05, 0.1) is 20.1 Å². The van der Waals surface area contributed by atoms with E-state index in [1.165, 1.54) is 0 Å². The number of aryl methyl sites for hydroxylation is 2. The molecule has 1 aromatic carbocycles. The van der Waals surface area contributed by atoms with Gasteiger partial charge in [0, 0.05) is 5.69 Å². The van der Waals surface area contributed by atoms with E-state index in [0.29, 0.717) is 6.54 Å². The van der Waals surface area contributed by atoms with Crippen molar-refractivity contribution in [2.75, 3.05) is 32.0 Å². The summed E-state index contributed by atoms with van der Waals surface area (Å²) in [6.45, 7) is 10.8. The molecule has 1 aromatic rings. The van der Waals surface area contributed by atoms with Crippen molar-refractivity contribution in [3.05, 3.63) is 29.3 Å². The summed E-state index contributed by atoms with van der Waals surface area (Å²) in [7, 11) is 2.12. The number of amides is 1. The van der Waals surface area contributed by atoms with E-state index in [1.807, 2.05) is 32.0 Å². The van der Waals surface area contributed by atoms with E-state index in [-0.39, 0.29) is 18.3 Å². The molecule has 0 unspecified atom stereocenters. The predicted octanol–water partition coefficient (Wildman–Crippen LogP) is -0.268. The first-order valence-corrected chi connectivity index (χ1v) is 6.61. The van der Waals surface area contributed by atoms with Gasteiger partial charge in [0.1, 0.15) is 0 Å². The highest BCUT2D eigenvalue weighted by molar-refractivity contribution is 5.93. The Kier molecular flexibility index (Phi) is 7.09. The number of anilines is 1. The number of quaternary nitrogens is 1. The molecule has 108 valence electrons. The van der Waals surface area contributed by atoms with Crippen LogP contribution in [0, 0.1) is 13.8 Å². The minimum atomic E-state index is 0. The zero-order chi connectivity index (χ0) is 13.8. The zero-order valence-corrected chi connectivity index (χ0v) is 13.3. The van der Waals surface area contributed by atoms with Crippen LogP contribution < -0.4 is 17.7 Å². The van der Waals surface area contributed by atoms with E-state index < -0.39 is 0 Å². The van der Waals surface area contributed by atoms with Gasteiger partial charge in [-0.3, -0.25) is 4.79 Å². The zero-order valence-electron chi connectivity index (χ0n) is 12.6. The summed E-state index contributed by atoms with van der Waals surface area (Å²) in [5.41, 5.74) is 3.19. The normalized spacial score (nSPS) is 10.8. The second kappa shape index (κ2) is 7.51. The van der Waals surface area contributed by atoms with Gasteiger partial charge in [-0.25, -0.2) is 0 Å². The standard InChI is InChI=1S/C15H24N2O.ClH/c1-6-17(5,7-2)11-14(18)16-15-12(3)9-8-10-13(15)4;/h8-10H,6-7,11H2,1-5H3;1H. The van der Waals surface area contributed by atoms with Gasteiger partial charge in [0.2, 0.25) is 0 Å². The Morgan fingerprint density at radius 1 is 1.16 bits per heavy atom. The Morgan fingerprint density at radius 3 is 2.05 bits per heavy atom. The molecule has 0 heterocycles. The van der Waals surface area contributed by atoms with Crippen LogP contribution in [-0.4, -0.2) is 37.1 Å². The molecule has 4 heteroatoms. The molecule has 1 amide bonds. The second-order valence-electron chi connectivity index (χ2n) is 5.23. The largest absolute Gasteiger partial charge is 1.00 e. The lowest BCUT2D eigenvalue weighted by Crippen LogP contribution is -3.00. The smallest absolute Gasteiger partial charge is 0.279 e. The summed E-state index contributed by atoms with van der Waals surface area (Å²) in [5.74, 6) is 0.0959. The van der Waals surface area contributed by atoms with Gasteiger partial charge >= 0.3 is 0 Å². The first kappa shape index (κ1) is 17.9. The fourth-order valence-electron chi connectivity index (χ4n) is 1.98. The van der Waals surface area contributed by atoms with Gasteiger partial charge in [-0.1, -0.05) is 18.2 Å². The number of para-hydroxylation sites is 1. The maximum atomic E-state index is 12.1. The van der Waals surface area contributed by atoms with E-state index >= 15 is 0 Å². The first-order chi connectivity index (χ1) is 8.41. The van der Waals surface area contributed by atoms with Gasteiger partial charge in [0.25, 0.3) is 5.91 Å². The molecular weight excluding hydrogens is 260 g/mol. The molecule has 0 saturated heterocycles. The third-order valence-corrected chi connectivity index (χ3v) is 3.80. The van der Waals surface area contributed by atoms with Crippen LogP contribution in [0.4, 0.5) is 5.69 Å². The minimum absolute atomic E-state index is 0. The van der Waals surface area contributed by atoms with E-state index in [4.69, 9.17) is 0 Å². The summed E-state index contributed by atoms with van der Waals surface area (Å²) in [4.78, 5) is 12.1. The van der Waals surface area contributed by atoms with E-state index in [0.717, 1.165) is 34.4 Å². The van der Waals surface area contributed by atoms with Crippen LogP contribution in [0.1, 0.15) is 25.0 Å². The summed E-state index contributed by atoms with van der Waals surface area (Å²) in [6, 6.07) is 6.06. The number of rotatable bonds is 5. The minimum Gasteiger partial charge on any atom is -1.00 e. The Hall–Kier alpha value is -1.06. The number of hydrogen-bond acceptors (Lipinski definition) is 1. The summed E-state index contributed by atoms with van der Waals surface area (Å²) < 4.78 is 0.775. The van der Waals surface area contributed by atoms with Crippen molar-refractivity contribution in [2.24, 2.45) is 0 Å². The molecule has 0 aliphatic rings. The molecule has 1 rings (SSSR count). The number of carbonyl (C=O) groups excluding carboxylic acids is 1. The van der Waals surface area contributed by atoms with Crippen LogP contribution in [0.5, 0.6) is 0 Å². The Balaban J connectivity index is 0.00000324. The predicted molar refractivity (Wildman–Crippen MR) is 76.7 cm³/mol. The molecule has 0 radical (unpaired) electrons. The third kappa shape index (κ3) is 4.84. The molecule has 0 atom stereocenters. The van der Waals surface area contributed by atoms with Crippen molar-refractivity contribution < 1.29 is 21.7 Å². The maximum Gasteiger partial charge on any atom is 0.279 e. The molecule has 0 aliphatic carbocycles. The van der Waals surface area contributed by atoms with Crippen LogP contribution in [0.25, 0.3) is 0 Å². The summed E-state index contributed by atoms with van der Waals surface area (Å²) >= 11 is 0. The number of benzene rings is 1. The number of nitrogens with zero attached hydrogens (tertiary/aromatic N) is 1. The lowest BCUT2D eigenvalue weighted by molar-refractivity contribution is -0.898. The summed E-state index contributed by atoms with van der Waals surface area (Å²) in [6.07, 6.45) is 0. The number of hydrogen-bond donors (Lipinski definition) is 1. The molecule has 0 aliphatic heterocycles. The third-order valence-electron chi connectivity index (χ3n) is 3.80. The SMILES string of the molecule is CC[N+](C)(CC)CC(=O)Nc1c(C)cccc1C.[Cl-]. The van der Waals surface area contributed by atoms with Crippen molar-refractivity contribution in [1.29, 1.82) is 0 Å². The van der Waals surface area contributed by atoms with Gasteiger partial charge in [-0.05, 0) is 38.8 Å². The van der Waals surface area contributed by atoms with Crippen molar-refractivity contribution >= 4 is 11.6 Å².